The Morgan fingerprint density at radius 2 is 1.69 bits per heavy atom. The zero-order chi connectivity index (χ0) is 46.2. The molecular formula is C50H50F2N10O5. The zero-order valence-corrected chi connectivity index (χ0v) is 38.2. The summed E-state index contributed by atoms with van der Waals surface area (Å²) in [6.45, 7) is 10.8. The first-order valence-corrected chi connectivity index (χ1v) is 23.4. The Bertz CT molecular complexity index is 3350. The van der Waals surface area contributed by atoms with Gasteiger partial charge in [0.2, 0.25) is 0 Å². The van der Waals surface area contributed by atoms with E-state index < -0.39 is 28.7 Å². The van der Waals surface area contributed by atoms with Crippen molar-refractivity contribution in [3.63, 3.8) is 0 Å². The number of H-pyrrole nitrogens is 1. The van der Waals surface area contributed by atoms with Crippen LogP contribution in [0.25, 0.3) is 27.5 Å². The Balaban J connectivity index is 0.956. The Morgan fingerprint density at radius 3 is 2.39 bits per heavy atom. The number of urea groups is 1. The Labute approximate surface area is 383 Å². The number of aromatic nitrogens is 7. The molecule has 5 atom stereocenters. The second kappa shape index (κ2) is 13.5. The molecule has 13 rings (SSSR count). The summed E-state index contributed by atoms with van der Waals surface area (Å²) in [6.07, 6.45) is 6.11. The molecule has 7 aromatic rings. The maximum Gasteiger partial charge on any atom is 0.438 e. The van der Waals surface area contributed by atoms with Gasteiger partial charge in [0.05, 0.1) is 57.4 Å². The molecule has 2 saturated heterocycles. The van der Waals surface area contributed by atoms with Crippen LogP contribution < -0.4 is 15.6 Å². The number of aromatic amines is 1. The maximum atomic E-state index is 16.4. The van der Waals surface area contributed by atoms with Crippen LogP contribution in [0.2, 0.25) is 0 Å². The minimum Gasteiger partial charge on any atom is -0.376 e. The van der Waals surface area contributed by atoms with Crippen LogP contribution in [0.3, 0.4) is 0 Å². The highest BCUT2D eigenvalue weighted by atomic mass is 19.1. The van der Waals surface area contributed by atoms with Crippen molar-refractivity contribution < 1.29 is 27.6 Å². The molecule has 5 fully saturated rings. The van der Waals surface area contributed by atoms with Crippen molar-refractivity contribution in [2.24, 2.45) is 13.0 Å². The number of carbonyl (C=O) groups excluding carboxylic acids is 2. The topological polar surface area (TPSA) is 153 Å². The largest absolute Gasteiger partial charge is 0.438 e. The molecule has 15 nitrogen and oxygen atoms in total. The average Bonchev–Trinajstić information content (AvgIpc) is 4.17. The zero-order valence-electron chi connectivity index (χ0n) is 38.2. The molecule has 1 N–H and O–H groups in total. The predicted octanol–water partition coefficient (Wildman–Crippen LogP) is 8.02. The molecule has 344 valence electrons. The highest BCUT2D eigenvalue weighted by Gasteiger charge is 2.65. The SMILES string of the molecule is Cc1cc(-n2nc3c(c2N2C(=O)N(c4ccc5c(cnn5C)c4F)C4CC42)C2(CC2)N(C(=O)c2cc4cc(C5CCOC(C)(C)C5)ccc4n2C2(c4noc(=O)[nH]4)CC2C)CC3)cc(C)c1F. The minimum absolute atomic E-state index is 0.0148. The number of benzene rings is 3. The molecule has 17 heteroatoms. The molecule has 3 aliphatic carbocycles. The molecule has 4 aromatic heterocycles. The van der Waals surface area contributed by atoms with Crippen LogP contribution in [0, 0.1) is 31.4 Å². The average molecular weight is 909 g/mol. The van der Waals surface area contributed by atoms with Gasteiger partial charge in [-0.15, -0.1) is 0 Å². The number of carbonyl (C=O) groups is 2. The molecule has 6 aliphatic rings. The number of fused-ring (bicyclic) bond motifs is 5. The van der Waals surface area contributed by atoms with Gasteiger partial charge in [-0.1, -0.05) is 18.1 Å². The van der Waals surface area contributed by atoms with Gasteiger partial charge in [-0.3, -0.25) is 28.8 Å². The van der Waals surface area contributed by atoms with Crippen LogP contribution in [0.15, 0.2) is 64.0 Å². The number of rotatable bonds is 7. The fourth-order valence-electron chi connectivity index (χ4n) is 12.4. The molecule has 0 bridgehead atoms. The molecular weight excluding hydrogens is 859 g/mol. The number of aryl methyl sites for hydroxylation is 3. The minimum atomic E-state index is -0.840. The number of hydrogen-bond donors (Lipinski definition) is 1. The monoisotopic (exact) mass is 908 g/mol. The van der Waals surface area contributed by atoms with E-state index in [4.69, 9.17) is 14.4 Å². The van der Waals surface area contributed by atoms with Crippen molar-refractivity contribution in [3.05, 3.63) is 116 Å². The lowest BCUT2D eigenvalue weighted by Crippen LogP contribution is -2.47. The quantitative estimate of drug-likeness (QED) is 0.169. The van der Waals surface area contributed by atoms with Crippen molar-refractivity contribution in [2.45, 2.75) is 114 Å². The van der Waals surface area contributed by atoms with Crippen LogP contribution in [0.4, 0.5) is 25.1 Å². The summed E-state index contributed by atoms with van der Waals surface area (Å²) in [7, 11) is 1.75. The van der Waals surface area contributed by atoms with E-state index in [9.17, 15) is 4.79 Å². The molecule has 3 aliphatic heterocycles. The van der Waals surface area contributed by atoms with E-state index in [2.05, 4.69) is 58.8 Å². The van der Waals surface area contributed by atoms with Crippen LogP contribution in [0.5, 0.6) is 0 Å². The normalized spacial score (nSPS) is 25.7. The van der Waals surface area contributed by atoms with Crippen LogP contribution in [-0.2, 0) is 29.3 Å². The van der Waals surface area contributed by atoms with Gasteiger partial charge < -0.3 is 14.2 Å². The fourth-order valence-corrected chi connectivity index (χ4v) is 12.4. The van der Waals surface area contributed by atoms with Crippen molar-refractivity contribution in [1.29, 1.82) is 0 Å². The highest BCUT2D eigenvalue weighted by molar-refractivity contribution is 6.11. The fraction of sp³-hybridized carbons (Fsp3) is 0.440. The summed E-state index contributed by atoms with van der Waals surface area (Å²) in [6, 6.07) is 14.4. The molecule has 5 unspecified atom stereocenters. The third-order valence-corrected chi connectivity index (χ3v) is 16.0. The third kappa shape index (κ3) is 5.63. The molecule has 3 aromatic carbocycles. The third-order valence-electron chi connectivity index (χ3n) is 16.0. The van der Waals surface area contributed by atoms with Gasteiger partial charge in [0, 0.05) is 43.1 Å². The van der Waals surface area contributed by atoms with E-state index in [1.807, 2.05) is 11.0 Å². The molecule has 7 heterocycles. The van der Waals surface area contributed by atoms with E-state index in [0.717, 1.165) is 35.0 Å². The van der Waals surface area contributed by atoms with Gasteiger partial charge in [-0.25, -0.2) is 23.1 Å². The Kier molecular flexibility index (Phi) is 8.20. The van der Waals surface area contributed by atoms with Gasteiger partial charge in [0.1, 0.15) is 22.9 Å². The van der Waals surface area contributed by atoms with E-state index in [-0.39, 0.29) is 46.9 Å². The first-order chi connectivity index (χ1) is 32.1. The Morgan fingerprint density at radius 1 is 0.940 bits per heavy atom. The van der Waals surface area contributed by atoms with E-state index in [1.54, 1.807) is 64.3 Å². The van der Waals surface area contributed by atoms with Crippen molar-refractivity contribution in [3.8, 4) is 5.69 Å². The number of ether oxygens (including phenoxy) is 1. The first kappa shape index (κ1) is 40.6. The van der Waals surface area contributed by atoms with Gasteiger partial charge >= 0.3 is 11.8 Å². The number of anilines is 2. The molecule has 3 saturated carbocycles. The number of hydrogen-bond acceptors (Lipinski definition) is 8. The second-order valence-corrected chi connectivity index (χ2v) is 20.6. The van der Waals surface area contributed by atoms with Crippen LogP contribution in [-0.4, -0.2) is 81.9 Å². The first-order valence-electron chi connectivity index (χ1n) is 23.4. The van der Waals surface area contributed by atoms with E-state index >= 15 is 18.4 Å². The summed E-state index contributed by atoms with van der Waals surface area (Å²) >= 11 is 0. The van der Waals surface area contributed by atoms with Crippen LogP contribution in [0.1, 0.15) is 109 Å². The van der Waals surface area contributed by atoms with Gasteiger partial charge in [-0.2, -0.15) is 10.2 Å². The number of nitrogens with zero attached hydrogens (tertiary/aromatic N) is 9. The maximum absolute atomic E-state index is 16.4. The Hall–Kier alpha value is -6.62. The molecule has 3 amide bonds. The lowest BCUT2D eigenvalue weighted by molar-refractivity contribution is -0.0592. The summed E-state index contributed by atoms with van der Waals surface area (Å²) < 4.78 is 48.3. The molecule has 0 radical (unpaired) electrons. The van der Waals surface area contributed by atoms with Gasteiger partial charge in [0.25, 0.3) is 5.91 Å². The van der Waals surface area contributed by atoms with Crippen molar-refractivity contribution in [1.82, 2.24) is 39.2 Å². The van der Waals surface area contributed by atoms with Crippen molar-refractivity contribution >= 4 is 45.2 Å². The van der Waals surface area contributed by atoms with Gasteiger partial charge in [-0.05, 0) is 137 Å². The van der Waals surface area contributed by atoms with E-state index in [0.29, 0.717) is 90.3 Å². The summed E-state index contributed by atoms with van der Waals surface area (Å²) in [5.74, 6) is -0.490. The number of halogens is 2. The van der Waals surface area contributed by atoms with Gasteiger partial charge in [0.15, 0.2) is 11.6 Å². The molecule has 67 heavy (non-hydrogen) atoms. The number of amides is 3. The lowest BCUT2D eigenvalue weighted by Gasteiger charge is -2.38. The summed E-state index contributed by atoms with van der Waals surface area (Å²) in [4.78, 5) is 51.6. The summed E-state index contributed by atoms with van der Waals surface area (Å²) in [5, 5.41) is 14.9. The smallest absolute Gasteiger partial charge is 0.376 e. The highest BCUT2D eigenvalue weighted by Crippen LogP contribution is 2.61. The lowest BCUT2D eigenvalue weighted by atomic mass is 9.83. The number of nitrogens with one attached hydrogen (secondary N) is 1. The van der Waals surface area contributed by atoms with Crippen molar-refractivity contribution in [2.75, 3.05) is 23.0 Å². The second-order valence-electron chi connectivity index (χ2n) is 20.6. The standard InChI is InChI=1S/C50H50F2N10O5/c1-25-17-31(18-26(2)41(25)51)62-43(60-38-21-37(38)59(47(60)65)36-10-9-35-32(42(36)52)24-53-57(35)6)40-33(55-62)11-15-58(49(40)13-14-49)44(63)39-20-30-19-28(29-12-16-66-48(4,5)23-29)7-8-34(30)61(39)50(22-27(50)3)45-54-46(64)67-56-45/h7-10,17-20,24,27,29,37-38H,11-16,21-23H2,1-6H3,(H,54,56,64). The summed E-state index contributed by atoms with van der Waals surface area (Å²) in [5.41, 5.74) is 4.39. The van der Waals surface area contributed by atoms with E-state index in [1.165, 1.54) is 11.8 Å². The van der Waals surface area contributed by atoms with Crippen LogP contribution >= 0.6 is 0 Å². The molecule has 1 spiro atoms. The predicted molar refractivity (Wildman–Crippen MR) is 244 cm³/mol.